The average Bonchev–Trinajstić information content (AvgIpc) is 2.69. The Hall–Kier alpha value is -1.36. The molecule has 1 aliphatic heterocycles. The van der Waals surface area contributed by atoms with Crippen molar-refractivity contribution >= 4 is 5.91 Å². The Labute approximate surface area is 108 Å². The Bertz CT molecular complexity index is 419. The predicted molar refractivity (Wildman–Crippen MR) is 70.2 cm³/mol. The van der Waals surface area contributed by atoms with Crippen LogP contribution in [0.15, 0.2) is 6.07 Å². The topological polar surface area (TPSA) is 64.2 Å². The highest BCUT2D eigenvalue weighted by Gasteiger charge is 2.27. The maximum atomic E-state index is 12.3. The van der Waals surface area contributed by atoms with Gasteiger partial charge in [-0.3, -0.25) is 9.48 Å². The van der Waals surface area contributed by atoms with E-state index in [4.69, 9.17) is 5.73 Å². The van der Waals surface area contributed by atoms with Crippen molar-refractivity contribution in [3.8, 4) is 0 Å². The Morgan fingerprint density at radius 1 is 1.61 bits per heavy atom. The number of nitrogens with two attached hydrogens (primary N) is 1. The highest BCUT2D eigenvalue weighted by molar-refractivity contribution is 5.92. The lowest BCUT2D eigenvalue weighted by Gasteiger charge is -2.34. The van der Waals surface area contributed by atoms with Gasteiger partial charge in [0.1, 0.15) is 0 Å². The molecule has 2 heterocycles. The summed E-state index contributed by atoms with van der Waals surface area (Å²) in [5.41, 5.74) is 7.48. The average molecular weight is 250 g/mol. The van der Waals surface area contributed by atoms with E-state index in [1.165, 1.54) is 0 Å². The van der Waals surface area contributed by atoms with Gasteiger partial charge in [-0.25, -0.2) is 0 Å². The molecule has 0 aliphatic carbocycles. The van der Waals surface area contributed by atoms with Crippen LogP contribution in [-0.4, -0.2) is 39.7 Å². The smallest absolute Gasteiger partial charge is 0.274 e. The maximum Gasteiger partial charge on any atom is 0.274 e. The predicted octanol–water partition coefficient (Wildman–Crippen LogP) is 0.928. The number of carbonyl (C=O) groups is 1. The summed E-state index contributed by atoms with van der Waals surface area (Å²) < 4.78 is 1.74. The molecular weight excluding hydrogens is 228 g/mol. The first-order valence-corrected chi connectivity index (χ1v) is 6.54. The minimum absolute atomic E-state index is 0.0315. The fourth-order valence-electron chi connectivity index (χ4n) is 2.45. The van der Waals surface area contributed by atoms with E-state index in [9.17, 15) is 4.79 Å². The third-order valence-corrected chi connectivity index (χ3v) is 3.82. The quantitative estimate of drug-likeness (QED) is 0.849. The molecule has 2 rings (SSSR count). The molecular formula is C13H22N4O. The number of piperidine rings is 1. The van der Waals surface area contributed by atoms with Gasteiger partial charge in [0.25, 0.3) is 5.91 Å². The van der Waals surface area contributed by atoms with Gasteiger partial charge in [0.05, 0.1) is 0 Å². The van der Waals surface area contributed by atoms with Crippen LogP contribution < -0.4 is 5.73 Å². The molecule has 0 bridgehead atoms. The third kappa shape index (κ3) is 2.56. The van der Waals surface area contributed by atoms with Crippen molar-refractivity contribution in [3.05, 3.63) is 17.5 Å². The number of hydrogen-bond donors (Lipinski definition) is 1. The van der Waals surface area contributed by atoms with Gasteiger partial charge in [-0.2, -0.15) is 5.10 Å². The molecule has 5 heteroatoms. The van der Waals surface area contributed by atoms with Crippen LogP contribution in [0.4, 0.5) is 0 Å². The van der Waals surface area contributed by atoms with Gasteiger partial charge in [0, 0.05) is 31.9 Å². The normalized spacial score (nSPS) is 22.0. The molecule has 18 heavy (non-hydrogen) atoms. The highest BCUT2D eigenvalue weighted by atomic mass is 16.2. The standard InChI is InChI=1S/C13H22N4O/c1-9-7-12(15-16(9)3)13(18)17-6-4-5-11(8-17)10(2)14/h7,10-11H,4-6,8,14H2,1-3H3. The number of likely N-dealkylation sites (tertiary alicyclic amines) is 1. The summed E-state index contributed by atoms with van der Waals surface area (Å²) in [6, 6.07) is 1.99. The molecule has 2 atom stereocenters. The summed E-state index contributed by atoms with van der Waals surface area (Å²) in [7, 11) is 1.85. The summed E-state index contributed by atoms with van der Waals surface area (Å²) in [4.78, 5) is 14.2. The second kappa shape index (κ2) is 5.10. The Morgan fingerprint density at radius 2 is 2.33 bits per heavy atom. The van der Waals surface area contributed by atoms with Crippen LogP contribution >= 0.6 is 0 Å². The molecule has 1 saturated heterocycles. The van der Waals surface area contributed by atoms with Gasteiger partial charge >= 0.3 is 0 Å². The van der Waals surface area contributed by atoms with Crippen molar-refractivity contribution in [2.24, 2.45) is 18.7 Å². The number of aromatic nitrogens is 2. The molecule has 1 aromatic rings. The van der Waals surface area contributed by atoms with Crippen LogP contribution in [0.25, 0.3) is 0 Å². The third-order valence-electron chi connectivity index (χ3n) is 3.82. The summed E-state index contributed by atoms with van der Waals surface area (Å²) in [5.74, 6) is 0.441. The number of carbonyl (C=O) groups excluding carboxylic acids is 1. The molecule has 0 saturated carbocycles. The Kier molecular flexibility index (Phi) is 3.71. The van der Waals surface area contributed by atoms with E-state index < -0.39 is 0 Å². The molecule has 0 spiro atoms. The zero-order chi connectivity index (χ0) is 13.3. The minimum Gasteiger partial charge on any atom is -0.337 e. The van der Waals surface area contributed by atoms with Gasteiger partial charge < -0.3 is 10.6 Å². The van der Waals surface area contributed by atoms with Crippen molar-refractivity contribution in [2.45, 2.75) is 32.7 Å². The number of nitrogens with zero attached hydrogens (tertiary/aromatic N) is 3. The van der Waals surface area contributed by atoms with Crippen molar-refractivity contribution in [1.29, 1.82) is 0 Å². The summed E-state index contributed by atoms with van der Waals surface area (Å²) in [5, 5.41) is 4.25. The second-order valence-electron chi connectivity index (χ2n) is 5.31. The summed E-state index contributed by atoms with van der Waals surface area (Å²) >= 11 is 0. The monoisotopic (exact) mass is 250 g/mol. The largest absolute Gasteiger partial charge is 0.337 e. The molecule has 1 amide bonds. The molecule has 2 N–H and O–H groups in total. The molecule has 1 aromatic heterocycles. The maximum absolute atomic E-state index is 12.3. The summed E-state index contributed by atoms with van der Waals surface area (Å²) in [6.07, 6.45) is 2.15. The van der Waals surface area contributed by atoms with E-state index in [-0.39, 0.29) is 11.9 Å². The molecule has 1 aliphatic rings. The summed E-state index contributed by atoms with van der Waals surface area (Å²) in [6.45, 7) is 5.54. The molecule has 0 radical (unpaired) electrons. The molecule has 5 nitrogen and oxygen atoms in total. The fourth-order valence-corrected chi connectivity index (χ4v) is 2.45. The number of hydrogen-bond acceptors (Lipinski definition) is 3. The zero-order valence-corrected chi connectivity index (χ0v) is 11.4. The van der Waals surface area contributed by atoms with Crippen molar-refractivity contribution < 1.29 is 4.79 Å². The van der Waals surface area contributed by atoms with Crippen LogP contribution in [0.1, 0.15) is 35.9 Å². The highest BCUT2D eigenvalue weighted by Crippen LogP contribution is 2.20. The van der Waals surface area contributed by atoms with Crippen LogP contribution in [0.3, 0.4) is 0 Å². The van der Waals surface area contributed by atoms with Crippen LogP contribution in [0.2, 0.25) is 0 Å². The van der Waals surface area contributed by atoms with Crippen LogP contribution in [0, 0.1) is 12.8 Å². The first-order chi connectivity index (χ1) is 8.49. The van der Waals surface area contributed by atoms with Crippen molar-refractivity contribution in [2.75, 3.05) is 13.1 Å². The van der Waals surface area contributed by atoms with Gasteiger partial charge in [-0.05, 0) is 38.7 Å². The number of rotatable bonds is 2. The molecule has 0 aromatic carbocycles. The second-order valence-corrected chi connectivity index (χ2v) is 5.31. The van der Waals surface area contributed by atoms with Crippen molar-refractivity contribution in [3.63, 3.8) is 0 Å². The molecule has 100 valence electrons. The van der Waals surface area contributed by atoms with Gasteiger partial charge in [0.2, 0.25) is 0 Å². The van der Waals surface area contributed by atoms with E-state index in [2.05, 4.69) is 5.10 Å². The fraction of sp³-hybridized carbons (Fsp3) is 0.692. The van der Waals surface area contributed by atoms with Crippen LogP contribution in [-0.2, 0) is 7.05 Å². The Morgan fingerprint density at radius 3 is 2.89 bits per heavy atom. The lowest BCUT2D eigenvalue weighted by atomic mass is 9.92. The van der Waals surface area contributed by atoms with E-state index in [1.54, 1.807) is 4.68 Å². The SMILES string of the molecule is Cc1cc(C(=O)N2CCCC(C(C)N)C2)nn1C. The lowest BCUT2D eigenvalue weighted by Crippen LogP contribution is -2.45. The molecule has 1 fully saturated rings. The van der Waals surface area contributed by atoms with E-state index in [0.717, 1.165) is 31.6 Å². The van der Waals surface area contributed by atoms with Crippen molar-refractivity contribution in [1.82, 2.24) is 14.7 Å². The van der Waals surface area contributed by atoms with Gasteiger partial charge in [-0.1, -0.05) is 0 Å². The van der Waals surface area contributed by atoms with Gasteiger partial charge in [-0.15, -0.1) is 0 Å². The van der Waals surface area contributed by atoms with Gasteiger partial charge in [0.15, 0.2) is 5.69 Å². The Balaban J connectivity index is 2.09. The van der Waals surface area contributed by atoms with E-state index in [1.807, 2.05) is 31.9 Å². The zero-order valence-electron chi connectivity index (χ0n) is 11.4. The number of amides is 1. The van der Waals surface area contributed by atoms with Crippen LogP contribution in [0.5, 0.6) is 0 Å². The minimum atomic E-state index is 0.0315. The van der Waals surface area contributed by atoms with E-state index in [0.29, 0.717) is 11.6 Å². The van der Waals surface area contributed by atoms with E-state index >= 15 is 0 Å². The molecule has 2 unspecified atom stereocenters. The number of aryl methyl sites for hydroxylation is 2. The first-order valence-electron chi connectivity index (χ1n) is 6.54. The lowest BCUT2D eigenvalue weighted by molar-refractivity contribution is 0.0654. The first kappa shape index (κ1) is 13.1.